The quantitative estimate of drug-likeness (QED) is 0.783. The molecule has 15 heavy (non-hydrogen) atoms. The van der Waals surface area contributed by atoms with Crippen LogP contribution >= 0.6 is 0 Å². The van der Waals surface area contributed by atoms with Crippen LogP contribution in [0.4, 0.5) is 0 Å². The zero-order chi connectivity index (χ0) is 11.1. The Hall–Kier alpha value is -1.29. The second-order valence-electron chi connectivity index (χ2n) is 4.19. The minimum absolute atomic E-state index is 0.113. The number of carboxylic acids is 1. The number of rotatable bonds is 2. The summed E-state index contributed by atoms with van der Waals surface area (Å²) in [7, 11) is 0. The predicted molar refractivity (Wildman–Crippen MR) is 52.6 cm³/mol. The maximum Gasteiger partial charge on any atom is 0.371 e. The van der Waals surface area contributed by atoms with Gasteiger partial charge in [-0.25, -0.2) is 4.79 Å². The molecule has 4 nitrogen and oxygen atoms in total. The molecule has 1 aromatic heterocycles. The molecule has 1 aliphatic carbocycles. The van der Waals surface area contributed by atoms with Gasteiger partial charge in [0.1, 0.15) is 11.4 Å². The zero-order valence-electron chi connectivity index (χ0n) is 8.56. The SMILES string of the molecule is CC1CCCC1(O)c1ccc(C(=O)O)o1. The van der Waals surface area contributed by atoms with Gasteiger partial charge in [0.15, 0.2) is 0 Å². The van der Waals surface area contributed by atoms with E-state index in [1.807, 2.05) is 6.92 Å². The minimum atomic E-state index is -1.10. The van der Waals surface area contributed by atoms with Gasteiger partial charge in [-0.3, -0.25) is 0 Å². The Morgan fingerprint density at radius 1 is 1.60 bits per heavy atom. The van der Waals surface area contributed by atoms with E-state index in [0.717, 1.165) is 12.8 Å². The molecule has 0 aromatic carbocycles. The van der Waals surface area contributed by atoms with Crippen molar-refractivity contribution in [3.63, 3.8) is 0 Å². The molecule has 0 amide bonds. The standard InChI is InChI=1S/C11H14O4/c1-7-3-2-6-11(7,14)9-5-4-8(15-9)10(12)13/h4-5,7,14H,2-3,6H2,1H3,(H,12,13). The number of hydrogen-bond acceptors (Lipinski definition) is 3. The van der Waals surface area contributed by atoms with Crippen molar-refractivity contribution in [2.75, 3.05) is 0 Å². The lowest BCUT2D eigenvalue weighted by Crippen LogP contribution is -2.27. The van der Waals surface area contributed by atoms with Gasteiger partial charge in [-0.2, -0.15) is 0 Å². The van der Waals surface area contributed by atoms with E-state index in [1.165, 1.54) is 6.07 Å². The molecule has 2 unspecified atom stereocenters. The molecule has 2 N–H and O–H groups in total. The van der Waals surface area contributed by atoms with Crippen LogP contribution in [0.15, 0.2) is 16.5 Å². The molecule has 1 aliphatic rings. The van der Waals surface area contributed by atoms with Gasteiger partial charge in [0.2, 0.25) is 5.76 Å². The van der Waals surface area contributed by atoms with Crippen molar-refractivity contribution in [1.82, 2.24) is 0 Å². The van der Waals surface area contributed by atoms with Gasteiger partial charge in [-0.15, -0.1) is 0 Å². The normalized spacial score (nSPS) is 30.7. The molecule has 0 radical (unpaired) electrons. The fraction of sp³-hybridized carbons (Fsp3) is 0.545. The fourth-order valence-corrected chi connectivity index (χ4v) is 2.21. The maximum absolute atomic E-state index is 10.6. The molecule has 2 atom stereocenters. The first kappa shape index (κ1) is 10.2. The number of carbonyl (C=O) groups is 1. The van der Waals surface area contributed by atoms with Crippen molar-refractivity contribution in [2.24, 2.45) is 5.92 Å². The van der Waals surface area contributed by atoms with Crippen LogP contribution in [0, 0.1) is 5.92 Å². The van der Waals surface area contributed by atoms with E-state index in [1.54, 1.807) is 6.07 Å². The molecule has 1 fully saturated rings. The third kappa shape index (κ3) is 1.55. The van der Waals surface area contributed by atoms with Crippen LogP contribution in [0.2, 0.25) is 0 Å². The lowest BCUT2D eigenvalue weighted by molar-refractivity contribution is -0.0166. The number of carboxylic acid groups (broad SMARTS) is 1. The Bertz CT molecular complexity index is 382. The number of hydrogen-bond donors (Lipinski definition) is 2. The average Bonchev–Trinajstić information content (AvgIpc) is 2.75. The summed E-state index contributed by atoms with van der Waals surface area (Å²) in [6, 6.07) is 2.95. The molecule has 1 saturated carbocycles. The van der Waals surface area contributed by atoms with Crippen LogP contribution < -0.4 is 0 Å². The molecule has 4 heteroatoms. The smallest absolute Gasteiger partial charge is 0.371 e. The van der Waals surface area contributed by atoms with Gasteiger partial charge in [0.25, 0.3) is 0 Å². The summed E-state index contributed by atoms with van der Waals surface area (Å²) >= 11 is 0. The van der Waals surface area contributed by atoms with Crippen LogP contribution in [-0.4, -0.2) is 16.2 Å². The van der Waals surface area contributed by atoms with E-state index >= 15 is 0 Å². The third-order valence-corrected chi connectivity index (χ3v) is 3.25. The first-order chi connectivity index (χ1) is 7.04. The van der Waals surface area contributed by atoms with Crippen molar-refractivity contribution in [2.45, 2.75) is 31.8 Å². The lowest BCUT2D eigenvalue weighted by Gasteiger charge is -2.24. The highest BCUT2D eigenvalue weighted by atomic mass is 16.4. The van der Waals surface area contributed by atoms with Crippen LogP contribution in [0.3, 0.4) is 0 Å². The van der Waals surface area contributed by atoms with E-state index in [9.17, 15) is 9.90 Å². The summed E-state index contributed by atoms with van der Waals surface area (Å²) < 4.78 is 5.15. The van der Waals surface area contributed by atoms with Gasteiger partial charge < -0.3 is 14.6 Å². The zero-order valence-corrected chi connectivity index (χ0v) is 8.56. The second kappa shape index (κ2) is 3.38. The fourth-order valence-electron chi connectivity index (χ4n) is 2.21. The molecule has 0 aliphatic heterocycles. The van der Waals surface area contributed by atoms with Gasteiger partial charge in [-0.1, -0.05) is 6.92 Å². The summed E-state index contributed by atoms with van der Waals surface area (Å²) in [5, 5.41) is 19.1. The monoisotopic (exact) mass is 210 g/mol. The highest BCUT2D eigenvalue weighted by Crippen LogP contribution is 2.43. The van der Waals surface area contributed by atoms with Crippen LogP contribution in [0.25, 0.3) is 0 Å². The molecule has 82 valence electrons. The van der Waals surface area contributed by atoms with Crippen molar-refractivity contribution in [3.05, 3.63) is 23.7 Å². The van der Waals surface area contributed by atoms with Crippen molar-refractivity contribution in [3.8, 4) is 0 Å². The molecule has 0 spiro atoms. The third-order valence-electron chi connectivity index (χ3n) is 3.25. The molecule has 0 bridgehead atoms. The predicted octanol–water partition coefficient (Wildman–Crippen LogP) is 1.99. The van der Waals surface area contributed by atoms with E-state index in [2.05, 4.69) is 0 Å². The van der Waals surface area contributed by atoms with Crippen LogP contribution in [-0.2, 0) is 5.60 Å². The Balaban J connectivity index is 2.32. The lowest BCUT2D eigenvalue weighted by atomic mass is 9.90. The van der Waals surface area contributed by atoms with Gasteiger partial charge in [-0.05, 0) is 37.3 Å². The molecular weight excluding hydrogens is 196 g/mol. The number of aliphatic hydroxyl groups is 1. The van der Waals surface area contributed by atoms with E-state index in [4.69, 9.17) is 9.52 Å². The van der Waals surface area contributed by atoms with Crippen molar-refractivity contribution >= 4 is 5.97 Å². The van der Waals surface area contributed by atoms with Gasteiger partial charge >= 0.3 is 5.97 Å². The summed E-state index contributed by atoms with van der Waals surface area (Å²) in [6.07, 6.45) is 2.53. The Kier molecular flexibility index (Phi) is 2.31. The number of furan rings is 1. The largest absolute Gasteiger partial charge is 0.475 e. The first-order valence-corrected chi connectivity index (χ1v) is 5.10. The second-order valence-corrected chi connectivity index (χ2v) is 4.19. The number of aromatic carboxylic acids is 1. The molecule has 1 aromatic rings. The summed E-state index contributed by atoms with van der Waals surface area (Å²) in [5.41, 5.74) is -0.978. The highest BCUT2D eigenvalue weighted by Gasteiger charge is 2.42. The summed E-state index contributed by atoms with van der Waals surface area (Å²) in [4.78, 5) is 10.6. The van der Waals surface area contributed by atoms with Gasteiger partial charge in [0, 0.05) is 0 Å². The van der Waals surface area contributed by atoms with Crippen molar-refractivity contribution < 1.29 is 19.4 Å². The van der Waals surface area contributed by atoms with E-state index in [-0.39, 0.29) is 11.7 Å². The Morgan fingerprint density at radius 2 is 2.33 bits per heavy atom. The average molecular weight is 210 g/mol. The Morgan fingerprint density at radius 3 is 2.80 bits per heavy atom. The topological polar surface area (TPSA) is 70.7 Å². The highest BCUT2D eigenvalue weighted by molar-refractivity contribution is 5.84. The minimum Gasteiger partial charge on any atom is -0.475 e. The summed E-state index contributed by atoms with van der Waals surface area (Å²) in [5.74, 6) is -0.719. The van der Waals surface area contributed by atoms with Crippen LogP contribution in [0.5, 0.6) is 0 Å². The van der Waals surface area contributed by atoms with Gasteiger partial charge in [0.05, 0.1) is 0 Å². The Labute approximate surface area is 87.5 Å². The maximum atomic E-state index is 10.6. The van der Waals surface area contributed by atoms with E-state index in [0.29, 0.717) is 12.2 Å². The molecule has 2 rings (SSSR count). The molecule has 0 saturated heterocycles. The first-order valence-electron chi connectivity index (χ1n) is 5.10. The van der Waals surface area contributed by atoms with Crippen LogP contribution in [0.1, 0.15) is 42.5 Å². The summed E-state index contributed by atoms with van der Waals surface area (Å²) in [6.45, 7) is 1.95. The molecule has 1 heterocycles. The van der Waals surface area contributed by atoms with Crippen molar-refractivity contribution in [1.29, 1.82) is 0 Å². The van der Waals surface area contributed by atoms with E-state index < -0.39 is 11.6 Å². The molecular formula is C11H14O4.